The Hall–Kier alpha value is -3.99. The molecule has 2 aromatic heterocycles. The summed E-state index contributed by atoms with van der Waals surface area (Å²) in [5, 5.41) is 20.9. The van der Waals surface area contributed by atoms with Gasteiger partial charge in [0.15, 0.2) is 0 Å². The summed E-state index contributed by atoms with van der Waals surface area (Å²) in [5.74, 6) is -0.509. The molecular weight excluding hydrogens is 463 g/mol. The predicted octanol–water partition coefficient (Wildman–Crippen LogP) is 4.02. The fraction of sp³-hybridized carbons (Fsp3) is 0.250. The van der Waals surface area contributed by atoms with Crippen LogP contribution in [-0.4, -0.2) is 43.5 Å². The first-order chi connectivity index (χ1) is 16.6. The first-order valence-corrected chi connectivity index (χ1v) is 10.7. The van der Waals surface area contributed by atoms with E-state index < -0.39 is 36.5 Å². The second kappa shape index (κ2) is 9.34. The lowest BCUT2D eigenvalue weighted by atomic mass is 9.97. The Kier molecular flexibility index (Phi) is 6.44. The number of aryl methyl sites for hydroxylation is 2. The average molecular weight is 485 g/mol. The van der Waals surface area contributed by atoms with E-state index in [1.165, 1.54) is 31.6 Å². The molecule has 0 radical (unpaired) electrons. The maximum Gasteiger partial charge on any atom is 0.424 e. The van der Waals surface area contributed by atoms with Crippen molar-refractivity contribution < 1.29 is 27.5 Å². The average Bonchev–Trinajstić information content (AvgIpc) is 3.48. The van der Waals surface area contributed by atoms with Crippen LogP contribution in [-0.2, 0) is 12.6 Å². The molecule has 0 saturated heterocycles. The third kappa shape index (κ3) is 4.80. The molecule has 1 amide bonds. The Balaban J connectivity index is 1.42. The molecule has 1 unspecified atom stereocenters. The number of halogens is 3. The maximum atomic E-state index is 13.6. The predicted molar refractivity (Wildman–Crippen MR) is 120 cm³/mol. The van der Waals surface area contributed by atoms with Crippen LogP contribution in [0.5, 0.6) is 0 Å². The van der Waals surface area contributed by atoms with E-state index in [0.717, 1.165) is 15.7 Å². The van der Waals surface area contributed by atoms with Crippen molar-refractivity contribution in [3.8, 4) is 22.9 Å². The van der Waals surface area contributed by atoms with Crippen molar-refractivity contribution in [1.29, 1.82) is 0 Å². The Morgan fingerprint density at radius 1 is 1.09 bits per heavy atom. The van der Waals surface area contributed by atoms with Crippen molar-refractivity contribution in [3.63, 3.8) is 0 Å². The van der Waals surface area contributed by atoms with Crippen molar-refractivity contribution in [1.82, 2.24) is 25.1 Å². The summed E-state index contributed by atoms with van der Waals surface area (Å²) in [6.07, 6.45) is -3.30. The molecule has 0 aliphatic carbocycles. The number of nitrogens with one attached hydrogen (secondary N) is 1. The third-order valence-electron chi connectivity index (χ3n) is 5.63. The molecular formula is C24H22F3N5O3. The summed E-state index contributed by atoms with van der Waals surface area (Å²) in [7, 11) is 1.35. The van der Waals surface area contributed by atoms with Gasteiger partial charge in [0, 0.05) is 49.1 Å². The molecule has 2 heterocycles. The quantitative estimate of drug-likeness (QED) is 0.410. The van der Waals surface area contributed by atoms with Crippen LogP contribution in [0.4, 0.5) is 13.2 Å². The molecule has 4 rings (SSSR count). The van der Waals surface area contributed by atoms with Gasteiger partial charge in [0.25, 0.3) is 5.91 Å². The highest BCUT2D eigenvalue weighted by Gasteiger charge is 2.57. The van der Waals surface area contributed by atoms with Crippen LogP contribution < -0.4 is 5.32 Å². The number of nitrogens with zero attached hydrogens (tertiary/aromatic N) is 4. The second-order valence-electron chi connectivity index (χ2n) is 8.03. The zero-order valence-electron chi connectivity index (χ0n) is 18.9. The number of imidazole rings is 1. The molecule has 2 aromatic carbocycles. The molecule has 4 aromatic rings. The number of amides is 1. The number of aliphatic hydroxyl groups is 1. The molecule has 0 fully saturated rings. The Bertz CT molecular complexity index is 1330. The summed E-state index contributed by atoms with van der Waals surface area (Å²) >= 11 is 0. The Morgan fingerprint density at radius 2 is 1.77 bits per heavy atom. The van der Waals surface area contributed by atoms with Gasteiger partial charge in [0.05, 0.1) is 0 Å². The molecule has 11 heteroatoms. The molecule has 8 nitrogen and oxygen atoms in total. The smallest absolute Gasteiger partial charge is 0.416 e. The first-order valence-electron chi connectivity index (χ1n) is 10.7. The normalized spacial score (nSPS) is 13.4. The monoisotopic (exact) mass is 485 g/mol. The molecule has 0 saturated carbocycles. The maximum absolute atomic E-state index is 13.6. The van der Waals surface area contributed by atoms with Crippen LogP contribution in [0.3, 0.4) is 0 Å². The van der Waals surface area contributed by atoms with E-state index >= 15 is 0 Å². The van der Waals surface area contributed by atoms with Gasteiger partial charge in [-0.25, -0.2) is 4.98 Å². The van der Waals surface area contributed by atoms with E-state index in [1.807, 2.05) is 31.2 Å². The number of aromatic nitrogens is 4. The third-order valence-corrected chi connectivity index (χ3v) is 5.63. The van der Waals surface area contributed by atoms with E-state index in [4.69, 9.17) is 4.42 Å². The number of benzene rings is 2. The minimum Gasteiger partial charge on any atom is -0.416 e. The molecule has 35 heavy (non-hydrogen) atoms. The van der Waals surface area contributed by atoms with Crippen LogP contribution in [0.15, 0.2) is 65.3 Å². The summed E-state index contributed by atoms with van der Waals surface area (Å²) < 4.78 is 47.6. The Morgan fingerprint density at radius 3 is 2.40 bits per heavy atom. The lowest BCUT2D eigenvalue weighted by molar-refractivity contribution is -0.272. The number of rotatable bonds is 7. The van der Waals surface area contributed by atoms with Gasteiger partial charge in [0.2, 0.25) is 17.4 Å². The number of carbonyl (C=O) groups is 1. The number of alkyl halides is 3. The van der Waals surface area contributed by atoms with Crippen molar-refractivity contribution in [2.24, 2.45) is 7.05 Å². The van der Waals surface area contributed by atoms with E-state index in [-0.39, 0.29) is 11.5 Å². The van der Waals surface area contributed by atoms with Crippen LogP contribution in [0, 0.1) is 6.92 Å². The highest BCUT2D eigenvalue weighted by molar-refractivity contribution is 5.94. The van der Waals surface area contributed by atoms with E-state index in [1.54, 1.807) is 12.1 Å². The van der Waals surface area contributed by atoms with Crippen LogP contribution in [0.25, 0.3) is 22.9 Å². The molecule has 0 spiro atoms. The van der Waals surface area contributed by atoms with Crippen LogP contribution >= 0.6 is 0 Å². The van der Waals surface area contributed by atoms with Crippen molar-refractivity contribution in [2.45, 2.75) is 25.1 Å². The Labute approximate surface area is 198 Å². The number of hydrogen-bond acceptors (Lipinski definition) is 6. The minimum absolute atomic E-state index is 0.222. The molecule has 1 atom stereocenters. The van der Waals surface area contributed by atoms with Gasteiger partial charge in [0.1, 0.15) is 5.82 Å². The van der Waals surface area contributed by atoms with Gasteiger partial charge in [-0.2, -0.15) is 13.2 Å². The fourth-order valence-electron chi connectivity index (χ4n) is 3.63. The lowest BCUT2D eigenvalue weighted by Crippen LogP contribution is -2.46. The van der Waals surface area contributed by atoms with Gasteiger partial charge in [-0.15, -0.1) is 10.2 Å². The van der Waals surface area contributed by atoms with Crippen molar-refractivity contribution in [2.75, 3.05) is 6.54 Å². The van der Waals surface area contributed by atoms with E-state index in [9.17, 15) is 23.1 Å². The largest absolute Gasteiger partial charge is 0.424 e. The zero-order chi connectivity index (χ0) is 25.2. The molecule has 0 bridgehead atoms. The van der Waals surface area contributed by atoms with Crippen molar-refractivity contribution >= 4 is 5.91 Å². The second-order valence-corrected chi connectivity index (χ2v) is 8.03. The molecule has 182 valence electrons. The summed E-state index contributed by atoms with van der Waals surface area (Å²) in [5.41, 5.74) is -0.605. The van der Waals surface area contributed by atoms with Gasteiger partial charge in [-0.1, -0.05) is 18.2 Å². The van der Waals surface area contributed by atoms with E-state index in [0.29, 0.717) is 11.5 Å². The molecule has 0 aliphatic heterocycles. The van der Waals surface area contributed by atoms with Crippen molar-refractivity contribution in [3.05, 3.63) is 77.9 Å². The van der Waals surface area contributed by atoms with Gasteiger partial charge in [-0.05, 0) is 42.8 Å². The molecule has 0 aliphatic rings. The lowest BCUT2D eigenvalue weighted by Gasteiger charge is -2.29. The first kappa shape index (κ1) is 24.1. The number of carbonyl (C=O) groups excluding carboxylic acids is 1. The van der Waals surface area contributed by atoms with Crippen LogP contribution in [0.2, 0.25) is 0 Å². The van der Waals surface area contributed by atoms with Crippen LogP contribution in [0.1, 0.15) is 28.2 Å². The fourth-order valence-corrected chi connectivity index (χ4v) is 3.63. The van der Waals surface area contributed by atoms with E-state index in [2.05, 4.69) is 20.5 Å². The van der Waals surface area contributed by atoms with Gasteiger partial charge >= 0.3 is 6.18 Å². The van der Waals surface area contributed by atoms with Gasteiger partial charge < -0.3 is 19.4 Å². The summed E-state index contributed by atoms with van der Waals surface area (Å²) in [4.78, 5) is 16.1. The number of hydrogen-bond donors (Lipinski definition) is 2. The topological polar surface area (TPSA) is 106 Å². The standard InChI is InChI=1S/C24H22F3N5O3/c1-15-5-3-4-6-18(15)21-31-30-20(35-21)17-9-7-16(8-10-17)19(33)28-12-11-23(34,24(25,26)27)22-29-13-14-32(22)2/h3-10,13-14,34H,11-12H2,1-2H3,(H,28,33). The highest BCUT2D eigenvalue weighted by Crippen LogP contribution is 2.40. The SMILES string of the molecule is Cc1ccccc1-c1nnc(-c2ccc(C(=O)NCCC(O)(c3nccn3C)C(F)(F)F)cc2)o1. The summed E-state index contributed by atoms with van der Waals surface area (Å²) in [6.45, 7) is 1.51. The highest BCUT2D eigenvalue weighted by atomic mass is 19.4. The van der Waals surface area contributed by atoms with Gasteiger partial charge in [-0.3, -0.25) is 4.79 Å². The molecule has 2 N–H and O–H groups in total. The minimum atomic E-state index is -4.97. The summed E-state index contributed by atoms with van der Waals surface area (Å²) in [6, 6.07) is 13.8. The zero-order valence-corrected chi connectivity index (χ0v) is 18.9.